The first-order valence-electron chi connectivity index (χ1n) is 5.93. The van der Waals surface area contributed by atoms with Crippen LogP contribution in [-0.2, 0) is 22.4 Å². The first-order chi connectivity index (χ1) is 8.54. The monoisotopic (exact) mass is 247 g/mol. The third-order valence-electron chi connectivity index (χ3n) is 2.78. The maximum Gasteiger partial charge on any atom is 0.238 e. The van der Waals surface area contributed by atoms with Crippen LogP contribution in [-0.4, -0.2) is 30.9 Å². The molecule has 2 N–H and O–H groups in total. The van der Waals surface area contributed by atoms with Crippen LogP contribution in [0.2, 0.25) is 0 Å². The van der Waals surface area contributed by atoms with Crippen LogP contribution in [0.4, 0.5) is 5.69 Å². The molecule has 5 nitrogen and oxygen atoms in total. The third-order valence-corrected chi connectivity index (χ3v) is 2.78. The largest absolute Gasteiger partial charge is 0.326 e. The van der Waals surface area contributed by atoms with E-state index in [1.807, 2.05) is 18.2 Å². The minimum atomic E-state index is -0.0419. The van der Waals surface area contributed by atoms with Crippen molar-refractivity contribution in [1.82, 2.24) is 10.4 Å². The van der Waals surface area contributed by atoms with Crippen molar-refractivity contribution in [2.75, 3.05) is 19.4 Å². The lowest BCUT2D eigenvalue weighted by Gasteiger charge is -2.18. The fourth-order valence-electron chi connectivity index (χ4n) is 2.02. The summed E-state index contributed by atoms with van der Waals surface area (Å²) in [5.74, 6) is 0.0143. The Bertz CT molecular complexity index is 483. The molecule has 1 heterocycles. The van der Waals surface area contributed by atoms with Gasteiger partial charge in [0.05, 0.1) is 6.42 Å². The number of hydrogen-bond donors (Lipinski definition) is 2. The highest BCUT2D eigenvalue weighted by Gasteiger charge is 2.15. The van der Waals surface area contributed by atoms with E-state index in [2.05, 4.69) is 10.7 Å². The topological polar surface area (TPSA) is 61.4 Å². The van der Waals surface area contributed by atoms with E-state index in [4.69, 9.17) is 0 Å². The second-order valence-corrected chi connectivity index (χ2v) is 4.65. The number of nitrogens with zero attached hydrogens (tertiary/aromatic N) is 1. The number of fused-ring (bicyclic) bond motifs is 1. The maximum atomic E-state index is 11.6. The van der Waals surface area contributed by atoms with Crippen LogP contribution in [0.3, 0.4) is 0 Å². The lowest BCUT2D eigenvalue weighted by atomic mass is 9.99. The third kappa shape index (κ3) is 3.07. The van der Waals surface area contributed by atoms with Crippen molar-refractivity contribution in [1.29, 1.82) is 0 Å². The Labute approximate surface area is 106 Å². The molecule has 18 heavy (non-hydrogen) atoms. The summed E-state index contributed by atoms with van der Waals surface area (Å²) in [7, 11) is 3.56. The Morgan fingerprint density at radius 1 is 1.39 bits per heavy atom. The number of rotatable bonds is 3. The molecule has 2 rings (SSSR count). The van der Waals surface area contributed by atoms with Crippen molar-refractivity contribution < 1.29 is 9.59 Å². The Kier molecular flexibility index (Phi) is 3.62. The van der Waals surface area contributed by atoms with Gasteiger partial charge in [0.25, 0.3) is 0 Å². The van der Waals surface area contributed by atoms with E-state index in [-0.39, 0.29) is 11.8 Å². The lowest BCUT2D eigenvalue weighted by molar-refractivity contribution is -0.124. The molecule has 0 unspecified atom stereocenters. The van der Waals surface area contributed by atoms with Crippen molar-refractivity contribution in [3.05, 3.63) is 29.3 Å². The number of carbonyl (C=O) groups excluding carboxylic acids is 2. The van der Waals surface area contributed by atoms with E-state index < -0.39 is 0 Å². The molecule has 0 saturated heterocycles. The Morgan fingerprint density at radius 3 is 2.89 bits per heavy atom. The van der Waals surface area contributed by atoms with Gasteiger partial charge in [-0.05, 0) is 23.6 Å². The average molecular weight is 247 g/mol. The summed E-state index contributed by atoms with van der Waals surface area (Å²) < 4.78 is 0. The number of nitrogens with one attached hydrogen (secondary N) is 2. The van der Waals surface area contributed by atoms with Crippen LogP contribution in [0.25, 0.3) is 0 Å². The van der Waals surface area contributed by atoms with Gasteiger partial charge in [0.2, 0.25) is 11.8 Å². The van der Waals surface area contributed by atoms with Gasteiger partial charge in [-0.25, -0.2) is 5.01 Å². The van der Waals surface area contributed by atoms with Crippen LogP contribution in [0.1, 0.15) is 17.5 Å². The van der Waals surface area contributed by atoms with Crippen LogP contribution >= 0.6 is 0 Å². The molecular weight excluding hydrogens is 230 g/mol. The van der Waals surface area contributed by atoms with Gasteiger partial charge in [0.15, 0.2) is 0 Å². The number of hydrogen-bond acceptors (Lipinski definition) is 3. The highest BCUT2D eigenvalue weighted by molar-refractivity contribution is 5.94. The first-order valence-corrected chi connectivity index (χ1v) is 5.93. The zero-order chi connectivity index (χ0) is 13.1. The van der Waals surface area contributed by atoms with Gasteiger partial charge in [0.1, 0.15) is 0 Å². The van der Waals surface area contributed by atoms with Gasteiger partial charge in [-0.2, -0.15) is 0 Å². The van der Waals surface area contributed by atoms with Crippen molar-refractivity contribution in [2.45, 2.75) is 19.3 Å². The minimum Gasteiger partial charge on any atom is -0.326 e. The molecule has 2 amide bonds. The smallest absolute Gasteiger partial charge is 0.238 e. The SMILES string of the molecule is CN(C)NC(=O)Cc1ccc2c(c1)CCC(=O)N2. The van der Waals surface area contributed by atoms with E-state index >= 15 is 0 Å². The molecule has 0 bridgehead atoms. The summed E-state index contributed by atoms with van der Waals surface area (Å²) in [5, 5.41) is 4.45. The molecule has 0 aliphatic carbocycles. The molecular formula is C13H17N3O2. The molecule has 1 aliphatic rings. The Balaban J connectivity index is 2.07. The normalized spacial score (nSPS) is 14.1. The summed E-state index contributed by atoms with van der Waals surface area (Å²) in [6.45, 7) is 0. The van der Waals surface area contributed by atoms with Gasteiger partial charge in [0, 0.05) is 26.2 Å². The van der Waals surface area contributed by atoms with E-state index in [1.165, 1.54) is 0 Å². The maximum absolute atomic E-state index is 11.6. The second kappa shape index (κ2) is 5.18. The van der Waals surface area contributed by atoms with Crippen LogP contribution in [0.5, 0.6) is 0 Å². The van der Waals surface area contributed by atoms with E-state index in [0.717, 1.165) is 23.2 Å². The predicted molar refractivity (Wildman–Crippen MR) is 68.9 cm³/mol. The van der Waals surface area contributed by atoms with Gasteiger partial charge in [-0.15, -0.1) is 0 Å². The number of hydrazine groups is 1. The van der Waals surface area contributed by atoms with E-state index in [1.54, 1.807) is 19.1 Å². The summed E-state index contributed by atoms with van der Waals surface area (Å²) in [6, 6.07) is 5.73. The zero-order valence-electron chi connectivity index (χ0n) is 10.6. The Hall–Kier alpha value is -1.88. The van der Waals surface area contributed by atoms with Gasteiger partial charge in [-0.1, -0.05) is 12.1 Å². The fraction of sp³-hybridized carbons (Fsp3) is 0.385. The molecule has 0 spiro atoms. The van der Waals surface area contributed by atoms with Gasteiger partial charge < -0.3 is 5.32 Å². The molecule has 1 aliphatic heterocycles. The number of amides is 2. The molecule has 0 atom stereocenters. The highest BCUT2D eigenvalue weighted by Crippen LogP contribution is 2.23. The van der Waals surface area contributed by atoms with E-state index in [0.29, 0.717) is 12.8 Å². The second-order valence-electron chi connectivity index (χ2n) is 4.65. The summed E-state index contributed by atoms with van der Waals surface area (Å²) in [4.78, 5) is 22.8. The number of aryl methyl sites for hydroxylation is 1. The number of anilines is 1. The van der Waals surface area contributed by atoms with Crippen LogP contribution in [0, 0.1) is 0 Å². The molecule has 96 valence electrons. The summed E-state index contributed by atoms with van der Waals surface area (Å²) in [5.41, 5.74) is 5.63. The van der Waals surface area contributed by atoms with Crippen LogP contribution in [0.15, 0.2) is 18.2 Å². The number of benzene rings is 1. The predicted octanol–water partition coefficient (Wildman–Crippen LogP) is 0.707. The molecule has 0 radical (unpaired) electrons. The molecule has 1 aromatic carbocycles. The zero-order valence-corrected chi connectivity index (χ0v) is 10.6. The molecule has 0 fully saturated rings. The minimum absolute atomic E-state index is 0.0419. The quantitative estimate of drug-likeness (QED) is 0.773. The van der Waals surface area contributed by atoms with Gasteiger partial charge >= 0.3 is 0 Å². The fourth-order valence-corrected chi connectivity index (χ4v) is 2.02. The van der Waals surface area contributed by atoms with Gasteiger partial charge in [-0.3, -0.25) is 15.0 Å². The molecule has 5 heteroatoms. The Morgan fingerprint density at radius 2 is 2.17 bits per heavy atom. The average Bonchev–Trinajstić information content (AvgIpc) is 2.28. The first kappa shape index (κ1) is 12.6. The summed E-state index contributed by atoms with van der Waals surface area (Å²) >= 11 is 0. The van der Waals surface area contributed by atoms with Crippen molar-refractivity contribution in [3.63, 3.8) is 0 Å². The highest BCUT2D eigenvalue weighted by atomic mass is 16.2. The molecule has 1 aromatic rings. The van der Waals surface area contributed by atoms with Crippen molar-refractivity contribution >= 4 is 17.5 Å². The number of carbonyl (C=O) groups is 2. The van der Waals surface area contributed by atoms with E-state index in [9.17, 15) is 9.59 Å². The molecule has 0 aromatic heterocycles. The van der Waals surface area contributed by atoms with Crippen LogP contribution < -0.4 is 10.7 Å². The van der Waals surface area contributed by atoms with Crippen molar-refractivity contribution in [2.24, 2.45) is 0 Å². The standard InChI is InChI=1S/C13H17N3O2/c1-16(2)15-13(18)8-9-3-5-11-10(7-9)4-6-12(17)14-11/h3,5,7H,4,6,8H2,1-2H3,(H,14,17)(H,15,18). The van der Waals surface area contributed by atoms with Crippen molar-refractivity contribution in [3.8, 4) is 0 Å². The lowest BCUT2D eigenvalue weighted by Crippen LogP contribution is -2.37. The molecule has 0 saturated carbocycles. The summed E-state index contributed by atoms with van der Waals surface area (Å²) in [6.07, 6.45) is 1.60.